The minimum Gasteiger partial charge on any atom is -0.321 e. The maximum absolute atomic E-state index is 13.2. The van der Waals surface area contributed by atoms with Gasteiger partial charge in [0.05, 0.1) is 11.1 Å². The lowest BCUT2D eigenvalue weighted by molar-refractivity contribution is 0.639. The van der Waals surface area contributed by atoms with Gasteiger partial charge < -0.3 is 4.98 Å². The lowest BCUT2D eigenvalue weighted by Gasteiger charge is -1.99. The van der Waals surface area contributed by atoms with Crippen molar-refractivity contribution in [3.05, 3.63) is 46.0 Å². The monoisotopic (exact) mass is 218 g/mol. The van der Waals surface area contributed by atoms with Gasteiger partial charge in [-0.2, -0.15) is 5.26 Å². The lowest BCUT2D eigenvalue weighted by atomic mass is 10.1. The van der Waals surface area contributed by atoms with E-state index in [0.717, 1.165) is 0 Å². The molecule has 16 heavy (non-hydrogen) atoms. The molecule has 0 atom stereocenters. The molecule has 0 radical (unpaired) electrons. The summed E-state index contributed by atoms with van der Waals surface area (Å²) in [6.07, 6.45) is 0. The molecule has 2 aromatic rings. The van der Waals surface area contributed by atoms with Gasteiger partial charge in [0.1, 0.15) is 11.9 Å². The maximum atomic E-state index is 13.2. The minimum absolute atomic E-state index is 0.250. The number of hydrogen-bond donors (Lipinski definition) is 1. The SMILES string of the molecule is CC.N#Cc1ccc(F)c2ccc(=O)[nH]c12. The van der Waals surface area contributed by atoms with E-state index in [-0.39, 0.29) is 22.0 Å². The third-order valence-electron chi connectivity index (χ3n) is 1.96. The predicted molar refractivity (Wildman–Crippen MR) is 60.6 cm³/mol. The number of hydrogen-bond acceptors (Lipinski definition) is 2. The molecule has 0 aliphatic carbocycles. The quantitative estimate of drug-likeness (QED) is 0.738. The number of nitrogens with zero attached hydrogens (tertiary/aromatic N) is 1. The average molecular weight is 218 g/mol. The Morgan fingerprint density at radius 1 is 1.25 bits per heavy atom. The molecule has 1 heterocycles. The van der Waals surface area contributed by atoms with Crippen molar-refractivity contribution in [1.82, 2.24) is 4.98 Å². The molecule has 0 aliphatic heterocycles. The van der Waals surface area contributed by atoms with Crippen LogP contribution in [0.2, 0.25) is 0 Å². The number of fused-ring (bicyclic) bond motifs is 1. The summed E-state index contributed by atoms with van der Waals surface area (Å²) < 4.78 is 13.2. The summed E-state index contributed by atoms with van der Waals surface area (Å²) in [5, 5.41) is 8.98. The van der Waals surface area contributed by atoms with Crippen LogP contribution in [0.3, 0.4) is 0 Å². The number of rotatable bonds is 0. The molecule has 1 aromatic heterocycles. The van der Waals surface area contributed by atoms with Crippen molar-refractivity contribution in [1.29, 1.82) is 5.26 Å². The van der Waals surface area contributed by atoms with Gasteiger partial charge in [-0.05, 0) is 18.2 Å². The summed E-state index contributed by atoms with van der Waals surface area (Å²) in [5.41, 5.74) is 0.165. The molecule has 1 aromatic carbocycles. The van der Waals surface area contributed by atoms with Gasteiger partial charge in [-0.15, -0.1) is 0 Å². The van der Waals surface area contributed by atoms with Crippen LogP contribution in [0.5, 0.6) is 0 Å². The number of pyridine rings is 1. The van der Waals surface area contributed by atoms with E-state index in [9.17, 15) is 9.18 Å². The number of nitrogens with one attached hydrogen (secondary N) is 1. The summed E-state index contributed by atoms with van der Waals surface area (Å²) in [7, 11) is 0. The van der Waals surface area contributed by atoms with E-state index in [0.29, 0.717) is 0 Å². The van der Waals surface area contributed by atoms with Gasteiger partial charge in [-0.25, -0.2) is 4.39 Å². The summed E-state index contributed by atoms with van der Waals surface area (Å²) in [6.45, 7) is 4.00. The molecule has 2 rings (SSSR count). The first-order valence-electron chi connectivity index (χ1n) is 4.94. The molecule has 0 spiro atoms. The molecular weight excluding hydrogens is 207 g/mol. The smallest absolute Gasteiger partial charge is 0.248 e. The number of aromatic amines is 1. The zero-order valence-corrected chi connectivity index (χ0v) is 9.04. The zero-order valence-electron chi connectivity index (χ0n) is 9.04. The van der Waals surface area contributed by atoms with Crippen molar-refractivity contribution < 1.29 is 4.39 Å². The molecule has 0 amide bonds. The van der Waals surface area contributed by atoms with E-state index in [4.69, 9.17) is 5.26 Å². The Kier molecular flexibility index (Phi) is 3.78. The number of H-pyrrole nitrogens is 1. The standard InChI is InChI=1S/C10H5FN2O.C2H6/c11-8-3-1-6(5-12)10-7(8)2-4-9(14)13-10;1-2/h1-4H,(H,13,14);1-2H3. The Balaban J connectivity index is 0.000000606. The normalized spacial score (nSPS) is 9.12. The molecule has 0 saturated heterocycles. The van der Waals surface area contributed by atoms with Gasteiger partial charge in [0.2, 0.25) is 5.56 Å². The third kappa shape index (κ3) is 2.09. The highest BCUT2D eigenvalue weighted by Gasteiger charge is 2.05. The molecule has 0 unspecified atom stereocenters. The van der Waals surface area contributed by atoms with Gasteiger partial charge >= 0.3 is 0 Å². The third-order valence-corrected chi connectivity index (χ3v) is 1.96. The number of aromatic nitrogens is 1. The molecule has 0 fully saturated rings. The van der Waals surface area contributed by atoms with E-state index in [1.54, 1.807) is 0 Å². The molecule has 0 aliphatic rings. The van der Waals surface area contributed by atoms with Crippen molar-refractivity contribution in [2.75, 3.05) is 0 Å². The molecular formula is C12H11FN2O. The van der Waals surface area contributed by atoms with E-state index in [1.807, 2.05) is 19.9 Å². The minimum atomic E-state index is -0.449. The molecule has 0 bridgehead atoms. The van der Waals surface area contributed by atoms with Crippen LogP contribution in [0.25, 0.3) is 10.9 Å². The van der Waals surface area contributed by atoms with Gasteiger partial charge in [0.15, 0.2) is 0 Å². The number of halogens is 1. The fraction of sp³-hybridized carbons (Fsp3) is 0.167. The second-order valence-corrected chi connectivity index (χ2v) is 2.82. The van der Waals surface area contributed by atoms with Crippen molar-refractivity contribution in [3.63, 3.8) is 0 Å². The van der Waals surface area contributed by atoms with Crippen LogP contribution < -0.4 is 5.56 Å². The Morgan fingerprint density at radius 2 is 1.94 bits per heavy atom. The van der Waals surface area contributed by atoms with E-state index in [2.05, 4.69) is 4.98 Å². The van der Waals surface area contributed by atoms with Crippen LogP contribution in [0.1, 0.15) is 19.4 Å². The van der Waals surface area contributed by atoms with Gasteiger partial charge in [0.25, 0.3) is 0 Å². The van der Waals surface area contributed by atoms with Crippen molar-refractivity contribution in [3.8, 4) is 6.07 Å². The van der Waals surface area contributed by atoms with Gasteiger partial charge in [-0.1, -0.05) is 13.8 Å². The van der Waals surface area contributed by atoms with Crippen LogP contribution in [0.4, 0.5) is 4.39 Å². The first-order chi connectivity index (χ1) is 7.72. The van der Waals surface area contributed by atoms with Crippen molar-refractivity contribution >= 4 is 10.9 Å². The van der Waals surface area contributed by atoms with Gasteiger partial charge in [0, 0.05) is 11.5 Å². The second kappa shape index (κ2) is 5.08. The fourth-order valence-corrected chi connectivity index (χ4v) is 1.31. The van der Waals surface area contributed by atoms with Crippen molar-refractivity contribution in [2.24, 2.45) is 0 Å². The summed E-state index contributed by atoms with van der Waals surface area (Å²) >= 11 is 0. The summed E-state index contributed by atoms with van der Waals surface area (Å²) in [6, 6.07) is 7.03. The second-order valence-electron chi connectivity index (χ2n) is 2.82. The van der Waals surface area contributed by atoms with Crippen LogP contribution in [0.15, 0.2) is 29.1 Å². The number of benzene rings is 1. The van der Waals surface area contributed by atoms with E-state index in [1.165, 1.54) is 24.3 Å². The van der Waals surface area contributed by atoms with Gasteiger partial charge in [-0.3, -0.25) is 4.79 Å². The molecule has 0 saturated carbocycles. The molecule has 1 N–H and O–H groups in total. The Morgan fingerprint density at radius 3 is 2.56 bits per heavy atom. The first kappa shape index (κ1) is 11.9. The highest BCUT2D eigenvalue weighted by atomic mass is 19.1. The van der Waals surface area contributed by atoms with Crippen LogP contribution >= 0.6 is 0 Å². The Bertz CT molecular complexity index is 596. The Hall–Kier alpha value is -2.15. The topological polar surface area (TPSA) is 56.6 Å². The predicted octanol–water partition coefficient (Wildman–Crippen LogP) is 2.57. The highest BCUT2D eigenvalue weighted by molar-refractivity contribution is 5.84. The Labute approximate surface area is 92.2 Å². The van der Waals surface area contributed by atoms with E-state index >= 15 is 0 Å². The van der Waals surface area contributed by atoms with Crippen LogP contribution in [-0.2, 0) is 0 Å². The molecule has 82 valence electrons. The zero-order chi connectivity index (χ0) is 12.1. The average Bonchev–Trinajstić information content (AvgIpc) is 2.32. The van der Waals surface area contributed by atoms with E-state index < -0.39 is 5.82 Å². The summed E-state index contributed by atoms with van der Waals surface area (Å²) in [5.74, 6) is -0.449. The molecule has 3 nitrogen and oxygen atoms in total. The number of nitriles is 1. The molecule has 4 heteroatoms. The lowest BCUT2D eigenvalue weighted by Crippen LogP contribution is -2.04. The largest absolute Gasteiger partial charge is 0.321 e. The fourth-order valence-electron chi connectivity index (χ4n) is 1.31. The van der Waals surface area contributed by atoms with Crippen LogP contribution in [0, 0.1) is 17.1 Å². The maximum Gasteiger partial charge on any atom is 0.248 e. The van der Waals surface area contributed by atoms with Crippen molar-refractivity contribution in [2.45, 2.75) is 13.8 Å². The highest BCUT2D eigenvalue weighted by Crippen LogP contribution is 2.17. The van der Waals surface area contributed by atoms with Crippen LogP contribution in [-0.4, -0.2) is 4.98 Å². The summed E-state index contributed by atoms with van der Waals surface area (Å²) in [4.78, 5) is 13.4. The first-order valence-corrected chi connectivity index (χ1v) is 4.94.